The Kier molecular flexibility index (Phi) is 7.78. The van der Waals surface area contributed by atoms with Gasteiger partial charge < -0.3 is 9.64 Å². The van der Waals surface area contributed by atoms with E-state index in [1.165, 1.54) is 0 Å². The maximum absolute atomic E-state index is 13.2. The first-order chi connectivity index (χ1) is 14.2. The van der Waals surface area contributed by atoms with Gasteiger partial charge in [-0.15, -0.1) is 0 Å². The molecule has 1 saturated heterocycles. The average Bonchev–Trinajstić information content (AvgIpc) is 2.69. The molecule has 0 aliphatic carbocycles. The molecule has 0 saturated carbocycles. The first-order valence-corrected chi connectivity index (χ1v) is 12.0. The molecule has 0 aromatic heterocycles. The predicted molar refractivity (Wildman–Crippen MR) is 127 cm³/mol. The molecule has 0 unspecified atom stereocenters. The molecule has 30 heavy (non-hydrogen) atoms. The van der Waals surface area contributed by atoms with Gasteiger partial charge in [-0.25, -0.2) is 0 Å². The molecular formula is C24H29Cl2NO2S. The molecule has 2 aromatic carbocycles. The van der Waals surface area contributed by atoms with Crippen LogP contribution in [0.4, 0.5) is 0 Å². The zero-order valence-electron chi connectivity index (χ0n) is 17.9. The summed E-state index contributed by atoms with van der Waals surface area (Å²) in [4.78, 5) is 15.2. The second-order valence-electron chi connectivity index (χ2n) is 8.57. The predicted octanol–water partition coefficient (Wildman–Crippen LogP) is 6.94. The van der Waals surface area contributed by atoms with Crippen LogP contribution in [0.3, 0.4) is 0 Å². The highest BCUT2D eigenvalue weighted by molar-refractivity contribution is 8.00. The molecule has 0 N–H and O–H groups in total. The summed E-state index contributed by atoms with van der Waals surface area (Å²) in [6.07, 6.45) is 0.581. The maximum atomic E-state index is 13.2. The lowest BCUT2D eigenvalue weighted by Crippen LogP contribution is -2.51. The number of hydrogen-bond acceptors (Lipinski definition) is 3. The highest BCUT2D eigenvalue weighted by Crippen LogP contribution is 2.43. The van der Waals surface area contributed by atoms with E-state index in [4.69, 9.17) is 27.9 Å². The van der Waals surface area contributed by atoms with E-state index in [-0.39, 0.29) is 35.4 Å². The van der Waals surface area contributed by atoms with E-state index in [0.717, 1.165) is 23.3 Å². The van der Waals surface area contributed by atoms with Crippen LogP contribution >= 0.6 is 35.0 Å². The Morgan fingerprint density at radius 2 is 1.80 bits per heavy atom. The van der Waals surface area contributed by atoms with Crippen molar-refractivity contribution in [2.45, 2.75) is 57.1 Å². The van der Waals surface area contributed by atoms with Crippen molar-refractivity contribution < 1.29 is 9.53 Å². The van der Waals surface area contributed by atoms with Crippen LogP contribution < -0.4 is 0 Å². The molecule has 3 atom stereocenters. The number of amides is 1. The molecule has 0 bridgehead atoms. The maximum Gasteiger partial charge on any atom is 0.249 e. The van der Waals surface area contributed by atoms with E-state index >= 15 is 0 Å². The molecule has 1 fully saturated rings. The van der Waals surface area contributed by atoms with Crippen LogP contribution in [-0.4, -0.2) is 34.0 Å². The molecule has 6 heteroatoms. The molecule has 0 spiro atoms. The van der Waals surface area contributed by atoms with Crippen molar-refractivity contribution in [3.8, 4) is 0 Å². The highest BCUT2D eigenvalue weighted by Gasteiger charge is 2.42. The highest BCUT2D eigenvalue weighted by atomic mass is 35.5. The monoisotopic (exact) mass is 465 g/mol. The Bertz CT molecular complexity index is 866. The van der Waals surface area contributed by atoms with Crippen molar-refractivity contribution in [2.24, 2.45) is 0 Å². The zero-order chi connectivity index (χ0) is 21.9. The fourth-order valence-electron chi connectivity index (χ4n) is 3.76. The van der Waals surface area contributed by atoms with Gasteiger partial charge in [0.05, 0.1) is 6.04 Å². The lowest BCUT2D eigenvalue weighted by atomic mass is 9.91. The molecule has 1 amide bonds. The summed E-state index contributed by atoms with van der Waals surface area (Å²) in [6, 6.07) is 15.3. The smallest absolute Gasteiger partial charge is 0.249 e. The first kappa shape index (κ1) is 23.5. The van der Waals surface area contributed by atoms with Gasteiger partial charge in [-0.1, -0.05) is 75.2 Å². The van der Waals surface area contributed by atoms with Crippen LogP contribution in [0.15, 0.2) is 48.5 Å². The largest absolute Gasteiger partial charge is 0.361 e. The van der Waals surface area contributed by atoms with E-state index in [1.807, 2.05) is 65.2 Å². The second kappa shape index (κ2) is 9.95. The average molecular weight is 466 g/mol. The third-order valence-electron chi connectivity index (χ3n) is 5.22. The second-order valence-corrected chi connectivity index (χ2v) is 11.3. The van der Waals surface area contributed by atoms with Crippen molar-refractivity contribution >= 4 is 40.9 Å². The van der Waals surface area contributed by atoms with Gasteiger partial charge in [-0.05, 0) is 41.8 Å². The quantitative estimate of drug-likeness (QED) is 0.462. The lowest BCUT2D eigenvalue weighted by molar-refractivity contribution is -0.162. The lowest BCUT2D eigenvalue weighted by Gasteiger charge is -2.45. The summed E-state index contributed by atoms with van der Waals surface area (Å²) < 4.78 is 6.24. The number of carbonyl (C=O) groups is 1. The van der Waals surface area contributed by atoms with Crippen LogP contribution in [0.25, 0.3) is 0 Å². The third kappa shape index (κ3) is 5.73. The van der Waals surface area contributed by atoms with E-state index in [9.17, 15) is 4.79 Å². The van der Waals surface area contributed by atoms with Gasteiger partial charge in [-0.2, -0.15) is 11.8 Å². The summed E-state index contributed by atoms with van der Waals surface area (Å²) in [5, 5.41) is 1.33. The van der Waals surface area contributed by atoms with Crippen molar-refractivity contribution in [3.63, 3.8) is 0 Å². The Balaban J connectivity index is 2.04. The van der Waals surface area contributed by atoms with Gasteiger partial charge in [0.15, 0.2) is 0 Å². The van der Waals surface area contributed by atoms with Crippen molar-refractivity contribution in [2.75, 3.05) is 12.4 Å². The Labute approximate surface area is 194 Å². The van der Waals surface area contributed by atoms with E-state index < -0.39 is 0 Å². The topological polar surface area (TPSA) is 29.5 Å². The van der Waals surface area contributed by atoms with Crippen LogP contribution in [0.5, 0.6) is 0 Å². The van der Waals surface area contributed by atoms with Crippen molar-refractivity contribution in [3.05, 3.63) is 69.7 Å². The van der Waals surface area contributed by atoms with Crippen LogP contribution in [-0.2, 0) is 9.53 Å². The summed E-state index contributed by atoms with van der Waals surface area (Å²) in [6.45, 7) is 8.83. The van der Waals surface area contributed by atoms with E-state index in [2.05, 4.69) is 27.7 Å². The standard InChI is InChI=1S/C24H29Cl2NO2S/c1-5-20(15-30-24(2,3)4)27-21(28)14-29-23(17-7-6-8-19(26)13-17)22(27)16-9-11-18(25)12-10-16/h6-13,20,22-23H,5,14-15H2,1-4H3/t20-,22+,23+/m0/s1. The molecule has 1 heterocycles. The minimum absolute atomic E-state index is 0.0228. The van der Waals surface area contributed by atoms with Gasteiger partial charge in [-0.3, -0.25) is 4.79 Å². The van der Waals surface area contributed by atoms with Crippen LogP contribution in [0.1, 0.15) is 57.4 Å². The van der Waals surface area contributed by atoms with Gasteiger partial charge in [0.2, 0.25) is 5.91 Å². The number of morpholine rings is 1. The van der Waals surface area contributed by atoms with Gasteiger partial charge in [0, 0.05) is 26.6 Å². The van der Waals surface area contributed by atoms with Gasteiger partial charge in [0.1, 0.15) is 12.7 Å². The number of ether oxygens (including phenoxy) is 1. The Morgan fingerprint density at radius 3 is 2.40 bits per heavy atom. The minimum Gasteiger partial charge on any atom is -0.361 e. The number of benzene rings is 2. The molecule has 3 rings (SSSR count). The number of thioether (sulfide) groups is 1. The number of halogens is 2. The summed E-state index contributed by atoms with van der Waals surface area (Å²) in [5.74, 6) is 0.896. The molecule has 0 radical (unpaired) electrons. The number of nitrogens with zero attached hydrogens (tertiary/aromatic N) is 1. The molecule has 162 valence electrons. The van der Waals surface area contributed by atoms with Crippen molar-refractivity contribution in [1.82, 2.24) is 4.90 Å². The molecule has 1 aliphatic heterocycles. The Hall–Kier alpha value is -1.20. The molecular weight excluding hydrogens is 437 g/mol. The fourth-order valence-corrected chi connectivity index (χ4v) is 5.17. The first-order valence-electron chi connectivity index (χ1n) is 10.3. The summed E-state index contributed by atoms with van der Waals surface area (Å²) in [5.41, 5.74) is 1.98. The molecule has 3 nitrogen and oxygen atoms in total. The number of carbonyl (C=O) groups excluding carboxylic acids is 1. The molecule has 1 aliphatic rings. The SMILES string of the molecule is CC[C@@H](CSC(C)(C)C)N1C(=O)CO[C@H](c2cccc(Cl)c2)[C@H]1c1ccc(Cl)cc1. The summed E-state index contributed by atoms with van der Waals surface area (Å²) >= 11 is 14.3. The van der Waals surface area contributed by atoms with E-state index in [0.29, 0.717) is 10.0 Å². The van der Waals surface area contributed by atoms with Crippen molar-refractivity contribution in [1.29, 1.82) is 0 Å². The van der Waals surface area contributed by atoms with Gasteiger partial charge >= 0.3 is 0 Å². The third-order valence-corrected chi connectivity index (χ3v) is 7.13. The normalized spacial score (nSPS) is 21.0. The van der Waals surface area contributed by atoms with E-state index in [1.54, 1.807) is 0 Å². The number of rotatable bonds is 6. The van der Waals surface area contributed by atoms with Crippen LogP contribution in [0, 0.1) is 0 Å². The minimum atomic E-state index is -0.295. The van der Waals surface area contributed by atoms with Gasteiger partial charge in [0.25, 0.3) is 0 Å². The number of hydrogen-bond donors (Lipinski definition) is 0. The van der Waals surface area contributed by atoms with Crippen LogP contribution in [0.2, 0.25) is 10.0 Å². The Morgan fingerprint density at radius 1 is 1.10 bits per heavy atom. The summed E-state index contributed by atoms with van der Waals surface area (Å²) in [7, 11) is 0. The molecule has 2 aromatic rings. The zero-order valence-corrected chi connectivity index (χ0v) is 20.2. The fraction of sp³-hybridized carbons (Fsp3) is 0.458.